The summed E-state index contributed by atoms with van der Waals surface area (Å²) in [5.74, 6) is -3.10. The van der Waals surface area contributed by atoms with Gasteiger partial charge >= 0.3 is 0 Å². The Morgan fingerprint density at radius 3 is 2.62 bits per heavy atom. The molecule has 3 aliphatic heterocycles. The molecule has 178 valence electrons. The summed E-state index contributed by atoms with van der Waals surface area (Å²) in [4.78, 5) is 41.9. The van der Waals surface area contributed by atoms with Crippen LogP contribution in [0, 0.1) is 24.6 Å². The molecule has 4 heterocycles. The number of carbonyl (C=O) groups excluding carboxylic acids is 3. The van der Waals surface area contributed by atoms with E-state index < -0.39 is 58.7 Å². The summed E-state index contributed by atoms with van der Waals surface area (Å²) in [6.07, 6.45) is 2.70. The van der Waals surface area contributed by atoms with Crippen molar-refractivity contribution in [1.82, 2.24) is 10.5 Å². The van der Waals surface area contributed by atoms with E-state index in [9.17, 15) is 18.8 Å². The Labute approximate surface area is 195 Å². The second-order valence-corrected chi connectivity index (χ2v) is 9.94. The molecular formula is C24H25FN4O5. The number of rotatable bonds is 4. The molecule has 5 rings (SSSR count). The van der Waals surface area contributed by atoms with E-state index in [-0.39, 0.29) is 11.5 Å². The molecule has 2 saturated heterocycles. The molecule has 0 aliphatic carbocycles. The first-order valence-corrected chi connectivity index (χ1v) is 11.0. The van der Waals surface area contributed by atoms with Crippen molar-refractivity contribution < 1.29 is 28.0 Å². The minimum Gasteiger partial charge on any atom is -0.360 e. The van der Waals surface area contributed by atoms with Crippen LogP contribution in [0.4, 0.5) is 15.9 Å². The van der Waals surface area contributed by atoms with Crippen molar-refractivity contribution in [2.45, 2.75) is 51.0 Å². The molecule has 2 fully saturated rings. The van der Waals surface area contributed by atoms with Crippen LogP contribution in [0.2, 0.25) is 0 Å². The highest BCUT2D eigenvalue weighted by Gasteiger charge is 2.73. The average Bonchev–Trinajstić information content (AvgIpc) is 3.47. The van der Waals surface area contributed by atoms with Crippen LogP contribution in [-0.4, -0.2) is 46.2 Å². The van der Waals surface area contributed by atoms with Crippen molar-refractivity contribution in [2.24, 2.45) is 11.8 Å². The number of benzene rings is 1. The van der Waals surface area contributed by atoms with Crippen molar-refractivity contribution in [3.05, 3.63) is 54.1 Å². The van der Waals surface area contributed by atoms with Gasteiger partial charge in [0, 0.05) is 17.3 Å². The third kappa shape index (κ3) is 3.40. The van der Waals surface area contributed by atoms with Crippen molar-refractivity contribution in [2.75, 3.05) is 10.2 Å². The van der Waals surface area contributed by atoms with E-state index in [1.165, 1.54) is 23.1 Å². The molecule has 9 nitrogen and oxygen atoms in total. The van der Waals surface area contributed by atoms with Gasteiger partial charge in [0.2, 0.25) is 17.7 Å². The van der Waals surface area contributed by atoms with E-state index >= 15 is 0 Å². The third-order valence-electron chi connectivity index (χ3n) is 6.29. The molecule has 1 aromatic carbocycles. The lowest BCUT2D eigenvalue weighted by Crippen LogP contribution is -2.58. The molecule has 3 amide bonds. The summed E-state index contributed by atoms with van der Waals surface area (Å²) in [7, 11) is 0. The van der Waals surface area contributed by atoms with Crippen LogP contribution in [0.1, 0.15) is 26.5 Å². The van der Waals surface area contributed by atoms with E-state index in [0.717, 1.165) is 0 Å². The highest BCUT2D eigenvalue weighted by molar-refractivity contribution is 6.11. The first-order chi connectivity index (χ1) is 16.0. The average molecular weight is 468 g/mol. The number of hydrogen-bond acceptors (Lipinski definition) is 6. The summed E-state index contributed by atoms with van der Waals surface area (Å²) >= 11 is 0. The summed E-state index contributed by atoms with van der Waals surface area (Å²) in [6.45, 7) is 7.16. The number of carbonyl (C=O) groups is 3. The standard InChI is InChI=1S/C24H25FN4O5/c1-12-10-16(28-34-12)26-20(30)17-15-8-9-24(33-15)18(17)22(32)29(14-7-5-6-13(25)11-14)19(24)21(31)27-23(2,3)4/h5-11,15,17-19H,1-4H3,(H,27,31)(H,26,28,30)/t15-,17-,18+,19+,24-/m1/s1. The van der Waals surface area contributed by atoms with Crippen molar-refractivity contribution in [3.63, 3.8) is 0 Å². The molecule has 2 N–H and O–H groups in total. The molecule has 3 aliphatic rings. The Balaban J connectivity index is 1.56. The fraction of sp³-hybridized carbons (Fsp3) is 0.417. The molecule has 0 saturated carbocycles. The summed E-state index contributed by atoms with van der Waals surface area (Å²) in [6, 6.07) is 5.90. The number of ether oxygens (including phenoxy) is 1. The zero-order valence-electron chi connectivity index (χ0n) is 19.2. The highest BCUT2D eigenvalue weighted by atomic mass is 19.1. The van der Waals surface area contributed by atoms with Gasteiger partial charge in [-0.1, -0.05) is 23.4 Å². The van der Waals surface area contributed by atoms with Gasteiger partial charge in [-0.3, -0.25) is 19.3 Å². The molecule has 0 unspecified atom stereocenters. The lowest BCUT2D eigenvalue weighted by molar-refractivity contribution is -0.129. The maximum atomic E-state index is 14.1. The van der Waals surface area contributed by atoms with Crippen molar-refractivity contribution >= 4 is 29.2 Å². The highest BCUT2D eigenvalue weighted by Crippen LogP contribution is 2.56. The zero-order chi connectivity index (χ0) is 24.4. The van der Waals surface area contributed by atoms with E-state index in [4.69, 9.17) is 9.26 Å². The molecule has 34 heavy (non-hydrogen) atoms. The number of amides is 3. The number of aryl methyl sites for hydroxylation is 1. The number of hydrogen-bond donors (Lipinski definition) is 2. The first kappa shape index (κ1) is 22.3. The predicted octanol–water partition coefficient (Wildman–Crippen LogP) is 2.33. The van der Waals surface area contributed by atoms with E-state index in [1.807, 2.05) is 20.8 Å². The van der Waals surface area contributed by atoms with Crippen molar-refractivity contribution in [3.8, 4) is 0 Å². The minimum atomic E-state index is -1.37. The third-order valence-corrected chi connectivity index (χ3v) is 6.29. The maximum absolute atomic E-state index is 14.1. The van der Waals surface area contributed by atoms with Gasteiger partial charge in [0.05, 0.1) is 17.9 Å². The molecule has 2 aromatic rings. The zero-order valence-corrected chi connectivity index (χ0v) is 19.2. The van der Waals surface area contributed by atoms with E-state index in [1.54, 1.807) is 31.2 Å². The van der Waals surface area contributed by atoms with Gasteiger partial charge < -0.3 is 19.9 Å². The minimum absolute atomic E-state index is 0.217. The number of anilines is 2. The van der Waals surface area contributed by atoms with Gasteiger partial charge in [-0.15, -0.1) is 0 Å². The Kier molecular flexibility index (Phi) is 4.91. The lowest BCUT2D eigenvalue weighted by Gasteiger charge is -2.34. The number of nitrogens with one attached hydrogen (secondary N) is 2. The van der Waals surface area contributed by atoms with Gasteiger partial charge in [0.25, 0.3) is 0 Å². The molecule has 5 atom stereocenters. The smallest absolute Gasteiger partial charge is 0.246 e. The second-order valence-electron chi connectivity index (χ2n) is 9.94. The van der Waals surface area contributed by atoms with Crippen LogP contribution in [0.5, 0.6) is 0 Å². The lowest BCUT2D eigenvalue weighted by atomic mass is 9.74. The Bertz CT molecular complexity index is 1220. The molecule has 10 heteroatoms. The van der Waals surface area contributed by atoms with Gasteiger partial charge in [-0.05, 0) is 45.9 Å². The summed E-state index contributed by atoms with van der Waals surface area (Å²) in [5, 5.41) is 9.37. The van der Waals surface area contributed by atoms with E-state index in [2.05, 4.69) is 15.8 Å². The van der Waals surface area contributed by atoms with Crippen LogP contribution in [0.25, 0.3) is 0 Å². The van der Waals surface area contributed by atoms with Gasteiger partial charge in [-0.2, -0.15) is 0 Å². The number of halogens is 1. The molecular weight excluding hydrogens is 443 g/mol. The topological polar surface area (TPSA) is 114 Å². The van der Waals surface area contributed by atoms with Crippen LogP contribution in [-0.2, 0) is 19.1 Å². The first-order valence-electron chi connectivity index (χ1n) is 11.0. The normalized spacial score (nSPS) is 29.4. The molecule has 1 aromatic heterocycles. The molecule has 2 bridgehead atoms. The number of nitrogens with zero attached hydrogens (tertiary/aromatic N) is 2. The van der Waals surface area contributed by atoms with Gasteiger partial charge in [0.1, 0.15) is 23.2 Å². The monoisotopic (exact) mass is 468 g/mol. The Morgan fingerprint density at radius 1 is 1.21 bits per heavy atom. The largest absolute Gasteiger partial charge is 0.360 e. The van der Waals surface area contributed by atoms with Crippen LogP contribution in [0.15, 0.2) is 47.0 Å². The summed E-state index contributed by atoms with van der Waals surface area (Å²) < 4.78 is 25.3. The van der Waals surface area contributed by atoms with Crippen LogP contribution >= 0.6 is 0 Å². The van der Waals surface area contributed by atoms with Gasteiger partial charge in [-0.25, -0.2) is 4.39 Å². The van der Waals surface area contributed by atoms with Crippen LogP contribution < -0.4 is 15.5 Å². The molecule has 1 spiro atoms. The fourth-order valence-corrected chi connectivity index (χ4v) is 5.15. The van der Waals surface area contributed by atoms with Gasteiger partial charge in [0.15, 0.2) is 5.82 Å². The molecule has 0 radical (unpaired) electrons. The number of fused-ring (bicyclic) bond motifs is 1. The van der Waals surface area contributed by atoms with Crippen molar-refractivity contribution in [1.29, 1.82) is 0 Å². The maximum Gasteiger partial charge on any atom is 0.246 e. The summed E-state index contributed by atoms with van der Waals surface area (Å²) in [5.41, 5.74) is -1.75. The SMILES string of the molecule is Cc1cc(NC(=O)[C@H]2[C@H]3C(=O)N(c4cccc(F)c4)[C@@H](C(=O)NC(C)(C)C)[C@@]34C=C[C@H]2O4)no1. The van der Waals surface area contributed by atoms with E-state index in [0.29, 0.717) is 5.76 Å². The fourth-order valence-electron chi connectivity index (χ4n) is 5.15. The predicted molar refractivity (Wildman–Crippen MR) is 119 cm³/mol. The quantitative estimate of drug-likeness (QED) is 0.666. The Hall–Kier alpha value is -3.53. The second kappa shape index (κ2) is 7.49. The number of aromatic nitrogens is 1. The van der Waals surface area contributed by atoms with Crippen LogP contribution in [0.3, 0.4) is 0 Å². The Morgan fingerprint density at radius 2 is 1.97 bits per heavy atom.